The number of nitrogens with two attached hydrogens (primary N) is 1. The van der Waals surface area contributed by atoms with Gasteiger partial charge in [0.2, 0.25) is 5.95 Å². The van der Waals surface area contributed by atoms with Gasteiger partial charge in [-0.1, -0.05) is 0 Å². The van der Waals surface area contributed by atoms with E-state index < -0.39 is 5.82 Å². The normalized spacial score (nSPS) is 23.9. The van der Waals surface area contributed by atoms with Crippen LogP contribution in [0.15, 0.2) is 12.4 Å². The molecular formula is C10H16FN5O2S. The van der Waals surface area contributed by atoms with E-state index >= 15 is 0 Å². The van der Waals surface area contributed by atoms with Crippen molar-refractivity contribution in [3.63, 3.8) is 0 Å². The number of rotatable bonds is 4. The number of hydrogen-bond donors (Lipinski definition) is 2. The summed E-state index contributed by atoms with van der Waals surface area (Å²) in [5.74, 6) is -0.0783. The molecule has 0 spiro atoms. The molecule has 0 saturated carbocycles. The highest BCUT2D eigenvalue weighted by molar-refractivity contribution is 7.94. The van der Waals surface area contributed by atoms with Crippen molar-refractivity contribution in [2.24, 2.45) is 5.14 Å². The highest BCUT2D eigenvalue weighted by Crippen LogP contribution is 2.22. The summed E-state index contributed by atoms with van der Waals surface area (Å²) in [6.45, 7) is 1.08. The average Bonchev–Trinajstić information content (AvgIpc) is 2.46. The van der Waals surface area contributed by atoms with Gasteiger partial charge in [0.05, 0.1) is 24.5 Å². The van der Waals surface area contributed by atoms with E-state index in [1.54, 1.807) is 7.11 Å². The molecule has 1 aliphatic heterocycles. The van der Waals surface area contributed by atoms with Crippen LogP contribution in [0, 0.1) is 5.82 Å². The Bertz CT molecular complexity index is 409. The molecule has 1 aliphatic rings. The molecule has 0 aliphatic carbocycles. The maximum absolute atomic E-state index is 12.8. The number of hydroxylamine groups is 1. The zero-order chi connectivity index (χ0) is 13.8. The van der Waals surface area contributed by atoms with Gasteiger partial charge in [-0.05, 0) is 6.42 Å². The molecule has 1 unspecified atom stereocenters. The van der Waals surface area contributed by atoms with Crippen molar-refractivity contribution in [3.05, 3.63) is 18.2 Å². The van der Waals surface area contributed by atoms with E-state index in [9.17, 15) is 9.60 Å². The van der Waals surface area contributed by atoms with Crippen molar-refractivity contribution < 1.29 is 14.3 Å². The van der Waals surface area contributed by atoms with Crippen LogP contribution in [0.3, 0.4) is 0 Å². The Kier molecular flexibility index (Phi) is 4.88. The van der Waals surface area contributed by atoms with Crippen molar-refractivity contribution in [2.45, 2.75) is 18.6 Å². The Hall–Kier alpha value is -1.00. The minimum atomic E-state index is -0.484. The van der Waals surface area contributed by atoms with Gasteiger partial charge in [-0.25, -0.2) is 14.4 Å². The second-order valence-electron chi connectivity index (χ2n) is 4.26. The first-order valence-electron chi connectivity index (χ1n) is 5.74. The monoisotopic (exact) mass is 289 g/mol. The lowest BCUT2D eigenvalue weighted by Gasteiger charge is -2.38. The third kappa shape index (κ3) is 3.51. The highest BCUT2D eigenvalue weighted by atomic mass is 32.2. The minimum absolute atomic E-state index is 0.0748. The van der Waals surface area contributed by atoms with Crippen molar-refractivity contribution in [3.8, 4) is 0 Å². The van der Waals surface area contributed by atoms with Crippen molar-refractivity contribution in [1.82, 2.24) is 14.4 Å². The maximum atomic E-state index is 12.8. The molecule has 1 fully saturated rings. The van der Waals surface area contributed by atoms with E-state index in [1.165, 1.54) is 0 Å². The molecule has 0 bridgehead atoms. The molecule has 2 atom stereocenters. The summed E-state index contributed by atoms with van der Waals surface area (Å²) >= 11 is 0.749. The lowest BCUT2D eigenvalue weighted by Crippen LogP contribution is -2.51. The number of hydrogen-bond acceptors (Lipinski definition) is 8. The van der Waals surface area contributed by atoms with Crippen molar-refractivity contribution in [2.75, 3.05) is 25.1 Å². The van der Waals surface area contributed by atoms with E-state index in [0.717, 1.165) is 29.0 Å². The number of halogens is 1. The van der Waals surface area contributed by atoms with E-state index in [0.29, 0.717) is 25.5 Å². The minimum Gasteiger partial charge on any atom is -0.380 e. The van der Waals surface area contributed by atoms with Gasteiger partial charge in [-0.2, -0.15) is 0 Å². The van der Waals surface area contributed by atoms with E-state index in [1.807, 2.05) is 4.90 Å². The summed E-state index contributed by atoms with van der Waals surface area (Å²) in [7, 11) is 1.61. The molecule has 2 heterocycles. The molecule has 1 aromatic heterocycles. The molecule has 0 aromatic carbocycles. The van der Waals surface area contributed by atoms with Crippen LogP contribution in [0.1, 0.15) is 6.42 Å². The molecule has 0 amide bonds. The molecule has 9 heteroatoms. The average molecular weight is 289 g/mol. The number of piperidine rings is 1. The fourth-order valence-corrected chi connectivity index (χ4v) is 2.40. The number of ether oxygens (including phenoxy) is 1. The van der Waals surface area contributed by atoms with Crippen LogP contribution in [0.2, 0.25) is 0 Å². The fraction of sp³-hybridized carbons (Fsp3) is 0.600. The Morgan fingerprint density at radius 2 is 2.21 bits per heavy atom. The Morgan fingerprint density at radius 3 is 2.79 bits per heavy atom. The first kappa shape index (κ1) is 14.4. The van der Waals surface area contributed by atoms with E-state index in [2.05, 4.69) is 9.97 Å². The van der Waals surface area contributed by atoms with Crippen molar-refractivity contribution >= 4 is 18.1 Å². The zero-order valence-electron chi connectivity index (χ0n) is 10.4. The van der Waals surface area contributed by atoms with Crippen LogP contribution >= 0.6 is 12.1 Å². The smallest absolute Gasteiger partial charge is 0.225 e. The van der Waals surface area contributed by atoms with Gasteiger partial charge in [0, 0.05) is 32.3 Å². The third-order valence-electron chi connectivity index (χ3n) is 3.03. The topological polar surface area (TPSA) is 87.7 Å². The Labute approximate surface area is 114 Å². The van der Waals surface area contributed by atoms with Crippen LogP contribution in [-0.4, -0.2) is 52.0 Å². The molecule has 2 rings (SSSR count). The fourth-order valence-electron chi connectivity index (χ4n) is 2.08. The van der Waals surface area contributed by atoms with Crippen LogP contribution in [0.5, 0.6) is 0 Å². The summed E-state index contributed by atoms with van der Waals surface area (Å²) in [6, 6.07) is -0.206. The summed E-state index contributed by atoms with van der Waals surface area (Å²) in [5, 5.41) is 15.0. The summed E-state index contributed by atoms with van der Waals surface area (Å²) < 4.78 is 19.1. The lowest BCUT2D eigenvalue weighted by molar-refractivity contribution is -0.0490. The largest absolute Gasteiger partial charge is 0.380 e. The van der Waals surface area contributed by atoms with Gasteiger partial charge >= 0.3 is 0 Å². The summed E-state index contributed by atoms with van der Waals surface area (Å²) in [6.07, 6.45) is 2.80. The number of aromatic nitrogens is 2. The third-order valence-corrected chi connectivity index (χ3v) is 3.55. The molecule has 0 radical (unpaired) electrons. The van der Waals surface area contributed by atoms with Gasteiger partial charge in [0.1, 0.15) is 0 Å². The predicted molar refractivity (Wildman–Crippen MR) is 68.8 cm³/mol. The van der Waals surface area contributed by atoms with Gasteiger partial charge in [-0.15, -0.1) is 4.47 Å². The summed E-state index contributed by atoms with van der Waals surface area (Å²) in [4.78, 5) is 9.71. The van der Waals surface area contributed by atoms with Gasteiger partial charge in [-0.3, -0.25) is 5.14 Å². The molecule has 1 aromatic rings. The standard InChI is InChI=1S/C10H16FN5O2S/c1-18-9-2-8(16(17)19-12)5-15(6-9)10-13-3-7(11)4-14-10/h3-4,8-9,17H,2,5-6,12H2,1H3/t8-,9?/m0/s1. The number of nitrogens with zero attached hydrogens (tertiary/aromatic N) is 4. The molecule has 19 heavy (non-hydrogen) atoms. The van der Waals surface area contributed by atoms with Gasteiger partial charge in [0.25, 0.3) is 0 Å². The maximum Gasteiger partial charge on any atom is 0.225 e. The van der Waals surface area contributed by atoms with Gasteiger partial charge in [0.15, 0.2) is 5.82 Å². The van der Waals surface area contributed by atoms with Crippen LogP contribution in [0.4, 0.5) is 10.3 Å². The van der Waals surface area contributed by atoms with Crippen LogP contribution < -0.4 is 10.0 Å². The number of methoxy groups -OCH3 is 1. The number of anilines is 1. The first-order valence-corrected chi connectivity index (χ1v) is 6.58. The van der Waals surface area contributed by atoms with Crippen LogP contribution in [-0.2, 0) is 4.74 Å². The second-order valence-corrected chi connectivity index (χ2v) is 4.85. The lowest BCUT2D eigenvalue weighted by atomic mass is 10.0. The van der Waals surface area contributed by atoms with E-state index in [4.69, 9.17) is 9.88 Å². The Morgan fingerprint density at radius 1 is 1.53 bits per heavy atom. The predicted octanol–water partition coefficient (Wildman–Crippen LogP) is 0.422. The molecule has 3 N–H and O–H groups in total. The molecule has 7 nitrogen and oxygen atoms in total. The summed E-state index contributed by atoms with van der Waals surface area (Å²) in [5.41, 5.74) is 0. The van der Waals surface area contributed by atoms with Crippen molar-refractivity contribution in [1.29, 1.82) is 0 Å². The van der Waals surface area contributed by atoms with Crippen LogP contribution in [0.25, 0.3) is 0 Å². The van der Waals surface area contributed by atoms with Gasteiger partial charge < -0.3 is 14.8 Å². The van der Waals surface area contributed by atoms with E-state index in [-0.39, 0.29) is 12.1 Å². The SMILES string of the molecule is COC1C[C@H](N(O)SN)CN(c2ncc(F)cn2)C1. The molecular weight excluding hydrogens is 273 g/mol. The molecule has 106 valence electrons. The molecule has 1 saturated heterocycles. The Balaban J connectivity index is 2.13. The first-order chi connectivity index (χ1) is 9.13. The zero-order valence-corrected chi connectivity index (χ0v) is 11.3. The second kappa shape index (κ2) is 6.44. The highest BCUT2D eigenvalue weighted by Gasteiger charge is 2.32. The quantitative estimate of drug-likeness (QED) is 0.609.